The molecular weight excluding hydrogens is 110 g/mol. The molecule has 0 amide bonds. The third-order valence-electron chi connectivity index (χ3n) is 1.10. The predicted molar refractivity (Wildman–Crippen MR) is 39.6 cm³/mol. The molecule has 1 rings (SSSR count). The van der Waals surface area contributed by atoms with Gasteiger partial charge in [-0.05, 0) is 17.7 Å². The lowest BCUT2D eigenvalue weighted by atomic mass is 10.2. The minimum absolute atomic E-state index is 0.745. The topological polar surface area (TPSA) is 26.0 Å². The summed E-state index contributed by atoms with van der Waals surface area (Å²) in [6, 6.07) is 7.41. The zero-order chi connectivity index (χ0) is 6.69. The molecule has 1 aromatic rings. The minimum Gasteiger partial charge on any atom is -0.399 e. The van der Waals surface area contributed by atoms with E-state index in [-0.39, 0.29) is 0 Å². The van der Waals surface area contributed by atoms with Crippen LogP contribution in [0.4, 0.5) is 5.69 Å². The van der Waals surface area contributed by atoms with Crippen LogP contribution < -0.4 is 5.73 Å². The van der Waals surface area contributed by atoms with Crippen LogP contribution in [-0.2, 0) is 0 Å². The van der Waals surface area contributed by atoms with Crippen LogP contribution >= 0.6 is 0 Å². The van der Waals surface area contributed by atoms with Crippen molar-refractivity contribution in [3.63, 3.8) is 0 Å². The molecule has 1 radical (unpaired) electrons. The highest BCUT2D eigenvalue weighted by Crippen LogP contribution is 2.06. The summed E-state index contributed by atoms with van der Waals surface area (Å²) in [5.74, 6) is 0. The third-order valence-corrected chi connectivity index (χ3v) is 1.10. The van der Waals surface area contributed by atoms with Gasteiger partial charge in [-0.15, -0.1) is 0 Å². The van der Waals surface area contributed by atoms with Crippen molar-refractivity contribution in [3.05, 3.63) is 36.4 Å². The molecule has 0 aliphatic heterocycles. The first-order valence-electron chi connectivity index (χ1n) is 2.73. The first-order valence-corrected chi connectivity index (χ1v) is 2.73. The Balaban J connectivity index is 3.07. The van der Waals surface area contributed by atoms with Crippen molar-refractivity contribution >= 4 is 11.8 Å². The van der Waals surface area contributed by atoms with Crippen LogP contribution in [0.5, 0.6) is 0 Å². The van der Waals surface area contributed by atoms with E-state index in [4.69, 9.17) is 12.3 Å². The maximum Gasteiger partial charge on any atom is 0.0319 e. The van der Waals surface area contributed by atoms with E-state index in [0.717, 1.165) is 11.3 Å². The smallest absolute Gasteiger partial charge is 0.0319 e. The van der Waals surface area contributed by atoms with Gasteiger partial charge >= 0.3 is 0 Å². The van der Waals surface area contributed by atoms with Crippen LogP contribution in [0, 0.1) is 6.58 Å². The quantitative estimate of drug-likeness (QED) is 0.558. The molecule has 0 aromatic heterocycles. The molecule has 0 spiro atoms. The van der Waals surface area contributed by atoms with Crippen molar-refractivity contribution < 1.29 is 0 Å². The van der Waals surface area contributed by atoms with Crippen molar-refractivity contribution in [2.24, 2.45) is 0 Å². The zero-order valence-corrected chi connectivity index (χ0v) is 5.04. The Morgan fingerprint density at radius 3 is 2.67 bits per heavy atom. The number of rotatable bonds is 1. The fourth-order valence-electron chi connectivity index (χ4n) is 0.663. The Kier molecular flexibility index (Phi) is 1.54. The first kappa shape index (κ1) is 5.89. The lowest BCUT2D eigenvalue weighted by Gasteiger charge is -1.92. The number of hydrogen-bond acceptors (Lipinski definition) is 1. The van der Waals surface area contributed by atoms with Crippen LogP contribution in [-0.4, -0.2) is 0 Å². The third kappa shape index (κ3) is 1.32. The van der Waals surface area contributed by atoms with Gasteiger partial charge in [0.2, 0.25) is 0 Å². The molecule has 0 unspecified atom stereocenters. The van der Waals surface area contributed by atoms with Crippen molar-refractivity contribution in [3.8, 4) is 0 Å². The second kappa shape index (κ2) is 2.35. The van der Waals surface area contributed by atoms with Crippen molar-refractivity contribution in [1.82, 2.24) is 0 Å². The minimum atomic E-state index is 0.745. The highest BCUT2D eigenvalue weighted by Gasteiger charge is 1.83. The Morgan fingerprint density at radius 1 is 1.44 bits per heavy atom. The van der Waals surface area contributed by atoms with Gasteiger partial charge in [0, 0.05) is 5.69 Å². The molecule has 0 heterocycles. The Bertz CT molecular complexity index is 216. The second-order valence-corrected chi connectivity index (χ2v) is 1.84. The van der Waals surface area contributed by atoms with Gasteiger partial charge in [-0.3, -0.25) is 0 Å². The van der Waals surface area contributed by atoms with Gasteiger partial charge in [0.05, 0.1) is 0 Å². The van der Waals surface area contributed by atoms with E-state index < -0.39 is 0 Å². The fourth-order valence-corrected chi connectivity index (χ4v) is 0.663. The maximum absolute atomic E-state index is 5.46. The first-order chi connectivity index (χ1) is 4.33. The molecular formula is C8H8N. The number of benzene rings is 1. The highest BCUT2D eigenvalue weighted by atomic mass is 14.5. The summed E-state index contributed by atoms with van der Waals surface area (Å²) in [6.45, 7) is 5.24. The summed E-state index contributed by atoms with van der Waals surface area (Å²) in [7, 11) is 0. The molecule has 0 saturated heterocycles. The van der Waals surface area contributed by atoms with Crippen LogP contribution in [0.15, 0.2) is 24.3 Å². The summed E-state index contributed by atoms with van der Waals surface area (Å²) in [4.78, 5) is 0. The van der Waals surface area contributed by atoms with Gasteiger partial charge in [0.1, 0.15) is 0 Å². The molecule has 1 nitrogen and oxygen atoms in total. The molecule has 0 atom stereocenters. The zero-order valence-electron chi connectivity index (χ0n) is 5.04. The van der Waals surface area contributed by atoms with E-state index in [1.54, 1.807) is 0 Å². The highest BCUT2D eigenvalue weighted by molar-refractivity contribution is 5.52. The number of nitrogens with two attached hydrogens (primary N) is 1. The van der Waals surface area contributed by atoms with Crippen molar-refractivity contribution in [2.75, 3.05) is 5.73 Å². The lowest BCUT2D eigenvalue weighted by molar-refractivity contribution is 1.65. The van der Waals surface area contributed by atoms with Crippen LogP contribution in [0.3, 0.4) is 0 Å². The maximum atomic E-state index is 5.46. The number of hydrogen-bond donors (Lipinski definition) is 1. The summed E-state index contributed by atoms with van der Waals surface area (Å²) < 4.78 is 0. The van der Waals surface area contributed by atoms with E-state index in [9.17, 15) is 0 Å². The molecule has 0 fully saturated rings. The summed E-state index contributed by atoms with van der Waals surface area (Å²) in [5, 5.41) is 0. The van der Waals surface area contributed by atoms with Crippen LogP contribution in [0.1, 0.15) is 5.56 Å². The van der Waals surface area contributed by atoms with E-state index in [1.165, 1.54) is 6.08 Å². The van der Waals surface area contributed by atoms with Gasteiger partial charge in [-0.2, -0.15) is 0 Å². The van der Waals surface area contributed by atoms with Gasteiger partial charge in [-0.1, -0.05) is 24.8 Å². The van der Waals surface area contributed by atoms with Gasteiger partial charge < -0.3 is 5.73 Å². The molecule has 2 N–H and O–H groups in total. The van der Waals surface area contributed by atoms with Gasteiger partial charge in [-0.25, -0.2) is 0 Å². The van der Waals surface area contributed by atoms with Gasteiger partial charge in [0.15, 0.2) is 0 Å². The Labute approximate surface area is 54.8 Å². The largest absolute Gasteiger partial charge is 0.399 e. The second-order valence-electron chi connectivity index (χ2n) is 1.84. The molecule has 1 aromatic carbocycles. The monoisotopic (exact) mass is 118 g/mol. The van der Waals surface area contributed by atoms with E-state index in [2.05, 4.69) is 0 Å². The lowest BCUT2D eigenvalue weighted by Crippen LogP contribution is -1.82. The standard InChI is InChI=1S/C8H8N/c1-2-7-4-3-5-8(9)6-7/h1-6H,9H2. The van der Waals surface area contributed by atoms with Crippen LogP contribution in [0.2, 0.25) is 0 Å². The van der Waals surface area contributed by atoms with E-state index in [0.29, 0.717) is 0 Å². The molecule has 0 saturated carbocycles. The van der Waals surface area contributed by atoms with Crippen molar-refractivity contribution in [1.29, 1.82) is 0 Å². The molecule has 9 heavy (non-hydrogen) atoms. The van der Waals surface area contributed by atoms with E-state index in [1.807, 2.05) is 24.3 Å². The average molecular weight is 118 g/mol. The molecule has 45 valence electrons. The molecule has 0 bridgehead atoms. The van der Waals surface area contributed by atoms with Crippen LogP contribution in [0.25, 0.3) is 6.08 Å². The average Bonchev–Trinajstić information content (AvgIpc) is 1.88. The SMILES string of the molecule is [CH]=Cc1cccc(N)c1. The van der Waals surface area contributed by atoms with Crippen molar-refractivity contribution in [2.45, 2.75) is 0 Å². The number of nitrogen functional groups attached to an aromatic ring is 1. The predicted octanol–water partition coefficient (Wildman–Crippen LogP) is 1.71. The fraction of sp³-hybridized carbons (Fsp3) is 0. The Hall–Kier alpha value is -1.24. The molecule has 0 aliphatic carbocycles. The molecule has 0 aliphatic rings. The number of anilines is 1. The summed E-state index contributed by atoms with van der Waals surface area (Å²) in [5.41, 5.74) is 7.16. The summed E-state index contributed by atoms with van der Waals surface area (Å²) >= 11 is 0. The normalized spacial score (nSPS) is 8.89. The molecule has 1 heteroatoms. The summed E-state index contributed by atoms with van der Waals surface area (Å²) in [6.07, 6.45) is 1.52. The van der Waals surface area contributed by atoms with E-state index >= 15 is 0 Å². The van der Waals surface area contributed by atoms with Gasteiger partial charge in [0.25, 0.3) is 0 Å². The Morgan fingerprint density at radius 2 is 2.22 bits per heavy atom.